The first-order valence-corrected chi connectivity index (χ1v) is 12.4. The summed E-state index contributed by atoms with van der Waals surface area (Å²) in [6.45, 7) is 4.25. The molecule has 0 radical (unpaired) electrons. The van der Waals surface area contributed by atoms with Gasteiger partial charge in [0.15, 0.2) is 6.61 Å². The molecule has 7 atom stereocenters. The summed E-state index contributed by atoms with van der Waals surface area (Å²) in [5.41, 5.74) is 7.43. The Morgan fingerprint density at radius 1 is 1.18 bits per heavy atom. The molecule has 3 saturated carbocycles. The number of primary amides is 1. The smallest absolute Gasteiger partial charge is 0.326 e. The van der Waals surface area contributed by atoms with Crippen LogP contribution in [0.15, 0.2) is 16.8 Å². The Morgan fingerprint density at radius 2 is 1.94 bits per heavy atom. The van der Waals surface area contributed by atoms with Crippen LogP contribution in [0.2, 0.25) is 0 Å². The Morgan fingerprint density at radius 3 is 2.65 bits per heavy atom. The molecule has 0 aromatic heterocycles. The van der Waals surface area contributed by atoms with Crippen LogP contribution in [0.25, 0.3) is 0 Å². The molecular formula is C25H37N3O6. The minimum Gasteiger partial charge on any atom is -0.480 e. The fourth-order valence-electron chi connectivity index (χ4n) is 7.43. The van der Waals surface area contributed by atoms with E-state index in [-0.39, 0.29) is 16.9 Å². The van der Waals surface area contributed by atoms with Crippen LogP contribution in [0.4, 0.5) is 0 Å². The number of carbonyl (C=O) groups is 3. The number of amides is 2. The summed E-state index contributed by atoms with van der Waals surface area (Å²) >= 11 is 0. The molecule has 0 aromatic carbocycles. The number of nitrogens with one attached hydrogen (secondary N) is 1. The second-order valence-corrected chi connectivity index (χ2v) is 11.1. The number of hydrogen-bond donors (Lipinski definition) is 4. The van der Waals surface area contributed by atoms with Crippen molar-refractivity contribution in [3.63, 3.8) is 0 Å². The molecule has 0 aliphatic heterocycles. The molecule has 0 aromatic rings. The SMILES string of the molecule is C[C@]12CCC3C(CCC4=C/C(=N/OCC(=O)NC(CC(N)=O)C(=O)O)CC[C@@]43C)C1CCC2O. The minimum atomic E-state index is -1.38. The van der Waals surface area contributed by atoms with Gasteiger partial charge in [-0.2, -0.15) is 0 Å². The van der Waals surface area contributed by atoms with E-state index in [0.29, 0.717) is 17.8 Å². The average Bonchev–Trinajstić information content (AvgIpc) is 3.07. The number of carbonyl (C=O) groups excluding carboxylic acids is 2. The Balaban J connectivity index is 1.37. The molecule has 4 rings (SSSR count). The Bertz CT molecular complexity index is 916. The molecule has 2 amide bonds. The number of fused-ring (bicyclic) bond motifs is 5. The van der Waals surface area contributed by atoms with Crippen LogP contribution in [0, 0.1) is 28.6 Å². The Labute approximate surface area is 200 Å². The number of rotatable bonds is 7. The Hall–Kier alpha value is -2.42. The summed E-state index contributed by atoms with van der Waals surface area (Å²) in [5, 5.41) is 26.1. The fraction of sp³-hybridized carbons (Fsp3) is 0.760. The van der Waals surface area contributed by atoms with E-state index in [9.17, 15) is 19.5 Å². The molecule has 9 nitrogen and oxygen atoms in total. The van der Waals surface area contributed by atoms with E-state index >= 15 is 0 Å². The maximum Gasteiger partial charge on any atom is 0.326 e. The van der Waals surface area contributed by atoms with Crippen molar-refractivity contribution in [1.29, 1.82) is 0 Å². The first-order valence-electron chi connectivity index (χ1n) is 12.4. The molecule has 0 saturated heterocycles. The van der Waals surface area contributed by atoms with Gasteiger partial charge in [0.1, 0.15) is 6.04 Å². The maximum atomic E-state index is 12.0. The van der Waals surface area contributed by atoms with Gasteiger partial charge in [-0.25, -0.2) is 4.79 Å². The molecule has 0 spiro atoms. The third-order valence-electron chi connectivity index (χ3n) is 9.34. The Kier molecular flexibility index (Phi) is 6.77. The standard InChI is InChI=1S/C25H37N3O6/c1-24-9-7-15(28-34-13-22(31)27-19(23(32)33)12-21(26)30)11-14(24)3-4-16-17-5-6-20(29)25(17,2)10-8-18(16)24/h11,16-20,29H,3-10,12-13H2,1-2H3,(H2,26,30)(H,27,31)(H,32,33)/b28-15+/t16?,17?,18?,19?,20?,24-,25-/m0/s1. The topological polar surface area (TPSA) is 151 Å². The lowest BCUT2D eigenvalue weighted by Gasteiger charge is -2.57. The van der Waals surface area contributed by atoms with E-state index in [2.05, 4.69) is 30.4 Å². The molecule has 3 fully saturated rings. The van der Waals surface area contributed by atoms with Crippen LogP contribution in [0.1, 0.15) is 71.6 Å². The van der Waals surface area contributed by atoms with Crippen LogP contribution in [-0.2, 0) is 19.2 Å². The largest absolute Gasteiger partial charge is 0.480 e. The predicted molar refractivity (Wildman–Crippen MR) is 124 cm³/mol. The van der Waals surface area contributed by atoms with E-state index in [0.717, 1.165) is 57.1 Å². The molecule has 4 aliphatic rings. The summed E-state index contributed by atoms with van der Waals surface area (Å²) in [5.74, 6) is -0.911. The van der Waals surface area contributed by atoms with Crippen LogP contribution in [0.3, 0.4) is 0 Å². The quantitative estimate of drug-likeness (QED) is 0.414. The molecule has 0 bridgehead atoms. The molecule has 5 N–H and O–H groups in total. The lowest BCUT2D eigenvalue weighted by Crippen LogP contribution is -2.51. The molecule has 9 heteroatoms. The summed E-state index contributed by atoms with van der Waals surface area (Å²) in [6.07, 6.45) is 9.71. The summed E-state index contributed by atoms with van der Waals surface area (Å²) in [4.78, 5) is 39.3. The van der Waals surface area contributed by atoms with E-state index in [1.54, 1.807) is 0 Å². The lowest BCUT2D eigenvalue weighted by molar-refractivity contribution is -0.144. The first-order chi connectivity index (χ1) is 16.0. The van der Waals surface area contributed by atoms with Gasteiger partial charge in [-0.15, -0.1) is 0 Å². The van der Waals surface area contributed by atoms with E-state index < -0.39 is 36.9 Å². The highest BCUT2D eigenvalue weighted by Gasteiger charge is 2.58. The van der Waals surface area contributed by atoms with Gasteiger partial charge in [0.05, 0.1) is 18.2 Å². The zero-order chi connectivity index (χ0) is 24.7. The molecular weight excluding hydrogens is 438 g/mol. The zero-order valence-corrected chi connectivity index (χ0v) is 20.1. The van der Waals surface area contributed by atoms with Crippen molar-refractivity contribution < 1.29 is 29.4 Å². The van der Waals surface area contributed by atoms with E-state index in [1.807, 2.05) is 0 Å². The normalized spacial score (nSPS) is 38.7. The number of oxime groups is 1. The van der Waals surface area contributed by atoms with Crippen LogP contribution >= 0.6 is 0 Å². The van der Waals surface area contributed by atoms with Crippen LogP contribution in [-0.4, -0.2) is 52.5 Å². The second-order valence-electron chi connectivity index (χ2n) is 11.1. The highest BCUT2D eigenvalue weighted by molar-refractivity contribution is 5.96. The highest BCUT2D eigenvalue weighted by atomic mass is 16.6. The van der Waals surface area contributed by atoms with Gasteiger partial charge in [-0.3, -0.25) is 9.59 Å². The third kappa shape index (κ3) is 4.46. The number of aliphatic hydroxyl groups is 1. The summed E-state index contributed by atoms with van der Waals surface area (Å²) in [6, 6.07) is -1.38. The van der Waals surface area contributed by atoms with Gasteiger partial charge in [0.2, 0.25) is 5.91 Å². The van der Waals surface area contributed by atoms with Crippen LogP contribution in [0.5, 0.6) is 0 Å². The number of nitrogens with two attached hydrogens (primary N) is 1. The number of allylic oxidation sites excluding steroid dienone is 2. The van der Waals surface area contributed by atoms with Crippen molar-refractivity contribution in [3.8, 4) is 0 Å². The molecule has 5 unspecified atom stereocenters. The predicted octanol–water partition coefficient (Wildman–Crippen LogP) is 2.13. The van der Waals surface area contributed by atoms with Crippen molar-refractivity contribution in [2.24, 2.45) is 39.5 Å². The van der Waals surface area contributed by atoms with Crippen molar-refractivity contribution in [2.45, 2.75) is 83.8 Å². The number of carboxylic acids is 1. The van der Waals surface area contributed by atoms with E-state index in [4.69, 9.17) is 15.7 Å². The van der Waals surface area contributed by atoms with Crippen molar-refractivity contribution in [3.05, 3.63) is 11.6 Å². The van der Waals surface area contributed by atoms with Gasteiger partial charge < -0.3 is 26.1 Å². The van der Waals surface area contributed by atoms with Crippen molar-refractivity contribution in [1.82, 2.24) is 5.32 Å². The van der Waals surface area contributed by atoms with Gasteiger partial charge in [0, 0.05) is 0 Å². The summed E-state index contributed by atoms with van der Waals surface area (Å²) < 4.78 is 0. The summed E-state index contributed by atoms with van der Waals surface area (Å²) in [7, 11) is 0. The van der Waals surface area contributed by atoms with Crippen molar-refractivity contribution >= 4 is 23.5 Å². The number of carboxylic acid groups (broad SMARTS) is 1. The van der Waals surface area contributed by atoms with Crippen molar-refractivity contribution in [2.75, 3.05) is 6.61 Å². The average molecular weight is 476 g/mol. The van der Waals surface area contributed by atoms with Gasteiger partial charge >= 0.3 is 5.97 Å². The number of hydrogen-bond acceptors (Lipinski definition) is 6. The lowest BCUT2D eigenvalue weighted by atomic mass is 9.47. The molecule has 188 valence electrons. The number of aliphatic carboxylic acids is 1. The minimum absolute atomic E-state index is 0.0749. The second kappa shape index (κ2) is 9.32. The highest BCUT2D eigenvalue weighted by Crippen LogP contribution is 2.65. The van der Waals surface area contributed by atoms with Gasteiger partial charge in [0.25, 0.3) is 5.91 Å². The molecule has 34 heavy (non-hydrogen) atoms. The third-order valence-corrected chi connectivity index (χ3v) is 9.34. The van der Waals surface area contributed by atoms with Gasteiger partial charge in [-0.1, -0.05) is 24.6 Å². The molecule has 4 aliphatic carbocycles. The number of nitrogens with zero attached hydrogens (tertiary/aromatic N) is 1. The fourth-order valence-corrected chi connectivity index (χ4v) is 7.43. The zero-order valence-electron chi connectivity index (χ0n) is 20.1. The maximum absolute atomic E-state index is 12.0. The van der Waals surface area contributed by atoms with E-state index in [1.165, 1.54) is 5.57 Å². The van der Waals surface area contributed by atoms with Crippen LogP contribution < -0.4 is 11.1 Å². The monoisotopic (exact) mass is 475 g/mol. The molecule has 0 heterocycles. The first kappa shape index (κ1) is 24.7. The van der Waals surface area contributed by atoms with Gasteiger partial charge in [-0.05, 0) is 86.0 Å². The number of aliphatic hydroxyl groups excluding tert-OH is 1.